The van der Waals surface area contributed by atoms with Crippen LogP contribution in [0.25, 0.3) is 11.1 Å². The maximum absolute atomic E-state index is 13.1. The summed E-state index contributed by atoms with van der Waals surface area (Å²) in [4.78, 5) is 11.7. The summed E-state index contributed by atoms with van der Waals surface area (Å²) in [6.07, 6.45) is 1.63. The van der Waals surface area contributed by atoms with Gasteiger partial charge in [-0.15, -0.1) is 0 Å². The molecule has 0 bridgehead atoms. The smallest absolute Gasteiger partial charge is 0.336 e. The lowest BCUT2D eigenvalue weighted by molar-refractivity contribution is 0.184. The molecule has 0 saturated heterocycles. The molecular weight excluding hydrogens is 233 g/mol. The van der Waals surface area contributed by atoms with Crippen molar-refractivity contribution in [2.45, 2.75) is 27.3 Å². The topological polar surface area (TPSA) is 35.1 Å². The largest absolute Gasteiger partial charge is 0.365 e. The molecular formula is C14H16FNO2. The number of aromatic nitrogens is 1. The summed E-state index contributed by atoms with van der Waals surface area (Å²) < 4.78 is 19.7. The standard InChI is InChI=1S/C14H16FNO2/c1-14(2,3)9-16-8-12(13(17)18-16)10-5-4-6-11(15)7-10/h4-8H,9H2,1-3H3. The normalized spacial score (nSPS) is 11.8. The van der Waals surface area contributed by atoms with Crippen molar-refractivity contribution in [1.82, 2.24) is 4.74 Å². The first-order valence-electron chi connectivity index (χ1n) is 5.82. The number of nitrogens with zero attached hydrogens (tertiary/aromatic N) is 1. The van der Waals surface area contributed by atoms with Crippen molar-refractivity contribution in [2.75, 3.05) is 0 Å². The van der Waals surface area contributed by atoms with Gasteiger partial charge in [-0.05, 0) is 23.1 Å². The maximum Gasteiger partial charge on any atom is 0.365 e. The molecule has 0 atom stereocenters. The van der Waals surface area contributed by atoms with Gasteiger partial charge < -0.3 is 4.52 Å². The summed E-state index contributed by atoms with van der Waals surface area (Å²) in [5, 5.41) is 0. The summed E-state index contributed by atoms with van der Waals surface area (Å²) in [6, 6.07) is 5.94. The van der Waals surface area contributed by atoms with E-state index in [1.165, 1.54) is 16.9 Å². The minimum Gasteiger partial charge on any atom is -0.336 e. The molecule has 0 aliphatic rings. The zero-order valence-corrected chi connectivity index (χ0v) is 10.7. The Labute approximate surface area is 105 Å². The van der Waals surface area contributed by atoms with Gasteiger partial charge in [0.25, 0.3) is 0 Å². The van der Waals surface area contributed by atoms with Crippen LogP contribution in [0.5, 0.6) is 0 Å². The third kappa shape index (κ3) is 2.88. The van der Waals surface area contributed by atoms with Crippen LogP contribution in [-0.4, -0.2) is 4.74 Å². The molecule has 0 amide bonds. The van der Waals surface area contributed by atoms with Gasteiger partial charge in [-0.2, -0.15) is 0 Å². The summed E-state index contributed by atoms with van der Waals surface area (Å²) in [5.41, 5.74) is 0.494. The minimum atomic E-state index is -0.440. The van der Waals surface area contributed by atoms with Crippen LogP contribution in [0.1, 0.15) is 20.8 Å². The van der Waals surface area contributed by atoms with Gasteiger partial charge in [0.05, 0.1) is 18.3 Å². The van der Waals surface area contributed by atoms with Gasteiger partial charge in [0, 0.05) is 0 Å². The van der Waals surface area contributed by atoms with Crippen LogP contribution in [0.3, 0.4) is 0 Å². The zero-order chi connectivity index (χ0) is 13.3. The molecule has 18 heavy (non-hydrogen) atoms. The molecule has 96 valence electrons. The van der Waals surface area contributed by atoms with E-state index in [-0.39, 0.29) is 11.2 Å². The van der Waals surface area contributed by atoms with E-state index in [1.54, 1.807) is 18.3 Å². The van der Waals surface area contributed by atoms with E-state index < -0.39 is 5.63 Å². The van der Waals surface area contributed by atoms with Gasteiger partial charge in [0.1, 0.15) is 5.82 Å². The first-order valence-corrected chi connectivity index (χ1v) is 5.82. The highest BCUT2D eigenvalue weighted by molar-refractivity contribution is 5.60. The molecule has 2 rings (SSSR count). The highest BCUT2D eigenvalue weighted by atomic mass is 19.1. The average molecular weight is 249 g/mol. The Morgan fingerprint density at radius 1 is 1.33 bits per heavy atom. The van der Waals surface area contributed by atoms with Crippen molar-refractivity contribution in [3.05, 3.63) is 46.7 Å². The second kappa shape index (κ2) is 4.44. The fourth-order valence-corrected chi connectivity index (χ4v) is 1.77. The van der Waals surface area contributed by atoms with Crippen LogP contribution in [0.15, 0.2) is 39.8 Å². The molecule has 0 aliphatic carbocycles. The molecule has 0 fully saturated rings. The van der Waals surface area contributed by atoms with Crippen LogP contribution in [0.2, 0.25) is 0 Å². The van der Waals surface area contributed by atoms with Crippen LogP contribution in [0.4, 0.5) is 4.39 Å². The quantitative estimate of drug-likeness (QED) is 0.818. The van der Waals surface area contributed by atoms with E-state index in [0.29, 0.717) is 17.7 Å². The Morgan fingerprint density at radius 3 is 2.67 bits per heavy atom. The molecule has 1 aromatic carbocycles. The highest BCUT2D eigenvalue weighted by Crippen LogP contribution is 2.20. The van der Waals surface area contributed by atoms with Gasteiger partial charge in [0.2, 0.25) is 0 Å². The minimum absolute atomic E-state index is 0.00810. The van der Waals surface area contributed by atoms with Crippen molar-refractivity contribution in [1.29, 1.82) is 0 Å². The molecule has 4 heteroatoms. The zero-order valence-electron chi connectivity index (χ0n) is 10.7. The van der Waals surface area contributed by atoms with Crippen molar-refractivity contribution in [2.24, 2.45) is 5.41 Å². The summed E-state index contributed by atoms with van der Waals surface area (Å²) in [7, 11) is 0. The molecule has 2 aromatic rings. The van der Waals surface area contributed by atoms with Crippen LogP contribution >= 0.6 is 0 Å². The highest BCUT2D eigenvalue weighted by Gasteiger charge is 2.15. The third-order valence-electron chi connectivity index (χ3n) is 2.46. The lowest BCUT2D eigenvalue weighted by Gasteiger charge is -2.16. The van der Waals surface area contributed by atoms with Crippen LogP contribution < -0.4 is 5.63 Å². The third-order valence-corrected chi connectivity index (χ3v) is 2.46. The average Bonchev–Trinajstić information content (AvgIpc) is 2.56. The second-order valence-corrected chi connectivity index (χ2v) is 5.57. The Bertz CT molecular complexity index is 605. The van der Waals surface area contributed by atoms with E-state index in [9.17, 15) is 9.18 Å². The Morgan fingerprint density at radius 2 is 2.06 bits per heavy atom. The van der Waals surface area contributed by atoms with Crippen LogP contribution in [-0.2, 0) is 6.54 Å². The van der Waals surface area contributed by atoms with Gasteiger partial charge in [0.15, 0.2) is 0 Å². The van der Waals surface area contributed by atoms with Crippen LogP contribution in [0, 0.1) is 11.2 Å². The molecule has 0 spiro atoms. The van der Waals surface area contributed by atoms with Crippen molar-refractivity contribution in [3.8, 4) is 11.1 Å². The van der Waals surface area contributed by atoms with Gasteiger partial charge in [-0.3, -0.25) is 0 Å². The number of hydrogen-bond donors (Lipinski definition) is 0. The van der Waals surface area contributed by atoms with Crippen molar-refractivity contribution < 1.29 is 8.91 Å². The van der Waals surface area contributed by atoms with Crippen molar-refractivity contribution >= 4 is 0 Å². The second-order valence-electron chi connectivity index (χ2n) is 5.57. The van der Waals surface area contributed by atoms with E-state index in [4.69, 9.17) is 4.52 Å². The summed E-state index contributed by atoms with van der Waals surface area (Å²) in [5.74, 6) is -0.365. The van der Waals surface area contributed by atoms with E-state index in [0.717, 1.165) is 0 Å². The monoisotopic (exact) mass is 249 g/mol. The first-order chi connectivity index (χ1) is 8.35. The maximum atomic E-state index is 13.1. The number of rotatable bonds is 2. The molecule has 0 N–H and O–H groups in total. The molecule has 0 aliphatic heterocycles. The molecule has 1 aromatic heterocycles. The molecule has 0 unspecified atom stereocenters. The number of hydrogen-bond acceptors (Lipinski definition) is 2. The molecule has 0 radical (unpaired) electrons. The van der Waals surface area contributed by atoms with Gasteiger partial charge >= 0.3 is 5.63 Å². The fraction of sp³-hybridized carbons (Fsp3) is 0.357. The lowest BCUT2D eigenvalue weighted by Crippen LogP contribution is -2.14. The fourth-order valence-electron chi connectivity index (χ4n) is 1.77. The first kappa shape index (κ1) is 12.6. The Kier molecular flexibility index (Phi) is 3.11. The Balaban J connectivity index is 2.39. The van der Waals surface area contributed by atoms with Crippen molar-refractivity contribution in [3.63, 3.8) is 0 Å². The number of benzene rings is 1. The predicted molar refractivity (Wildman–Crippen MR) is 67.8 cm³/mol. The summed E-state index contributed by atoms with van der Waals surface area (Å²) >= 11 is 0. The number of halogens is 1. The molecule has 1 heterocycles. The van der Waals surface area contributed by atoms with E-state index in [2.05, 4.69) is 20.8 Å². The van der Waals surface area contributed by atoms with E-state index in [1.807, 2.05) is 0 Å². The van der Waals surface area contributed by atoms with Gasteiger partial charge in [-0.1, -0.05) is 32.9 Å². The lowest BCUT2D eigenvalue weighted by atomic mass is 9.97. The SMILES string of the molecule is CC(C)(C)Cn1cc(-c2cccc(F)c2)c(=O)o1. The molecule has 3 nitrogen and oxygen atoms in total. The van der Waals surface area contributed by atoms with Gasteiger partial charge in [-0.25, -0.2) is 13.9 Å². The van der Waals surface area contributed by atoms with E-state index >= 15 is 0 Å². The summed E-state index contributed by atoms with van der Waals surface area (Å²) in [6.45, 7) is 6.75. The Hall–Kier alpha value is -1.84. The molecule has 0 saturated carbocycles. The predicted octanol–water partition coefficient (Wildman–Crippen LogP) is 3.29.